The van der Waals surface area contributed by atoms with Gasteiger partial charge in [-0.1, -0.05) is 24.3 Å². The largest absolute Gasteiger partial charge is 0.486 e. The third kappa shape index (κ3) is 4.97. The van der Waals surface area contributed by atoms with Crippen molar-refractivity contribution in [2.75, 3.05) is 13.2 Å². The van der Waals surface area contributed by atoms with Crippen LogP contribution in [-0.2, 0) is 11.2 Å². The molecule has 0 spiro atoms. The summed E-state index contributed by atoms with van der Waals surface area (Å²) in [5, 5.41) is 5.53. The fourth-order valence-corrected chi connectivity index (χ4v) is 4.46. The summed E-state index contributed by atoms with van der Waals surface area (Å²) in [6, 6.07) is 15.0. The molecule has 0 bridgehead atoms. The van der Waals surface area contributed by atoms with Gasteiger partial charge >= 0.3 is 0 Å². The smallest absolute Gasteiger partial charge is 0.269 e. The number of aromatic amines is 1. The van der Waals surface area contributed by atoms with E-state index in [0.29, 0.717) is 35.2 Å². The summed E-state index contributed by atoms with van der Waals surface area (Å²) < 4.78 is 11.0. The van der Waals surface area contributed by atoms with E-state index in [1.807, 2.05) is 30.5 Å². The number of carbonyl (C=O) groups excluding carboxylic acids is 3. The fraction of sp³-hybridized carbons (Fsp3) is 0.160. The van der Waals surface area contributed by atoms with Crippen LogP contribution in [0.2, 0.25) is 0 Å². The Morgan fingerprint density at radius 2 is 1.77 bits per heavy atom. The summed E-state index contributed by atoms with van der Waals surface area (Å²) in [7, 11) is 0. The zero-order valence-electron chi connectivity index (χ0n) is 18.5. The molecule has 0 radical (unpaired) electrons. The average molecular weight is 491 g/mol. The summed E-state index contributed by atoms with van der Waals surface area (Å²) in [5.74, 6) is -0.405. The standard InChI is InChI=1S/C25H22N4O5S/c30-23(15-7-8-20-21(13-15)34-10-9-33-20)28-29-24(31)19(27-25(32)22-6-3-11-35-22)12-16-14-26-18-5-2-1-4-17(16)18/h1-8,11,13-14,19,26H,9-10,12H2,(H,27,32)(H,28,30)(H,29,31)/t19-/m0/s1. The van der Waals surface area contributed by atoms with Gasteiger partial charge in [0, 0.05) is 29.1 Å². The summed E-state index contributed by atoms with van der Waals surface area (Å²) in [6.45, 7) is 0.845. The number of hydrazine groups is 1. The Balaban J connectivity index is 1.30. The normalized spacial score (nSPS) is 13.1. The van der Waals surface area contributed by atoms with Crippen LogP contribution in [0, 0.1) is 0 Å². The van der Waals surface area contributed by atoms with Gasteiger partial charge < -0.3 is 19.8 Å². The van der Waals surface area contributed by atoms with Crippen molar-refractivity contribution in [3.8, 4) is 11.5 Å². The summed E-state index contributed by atoms with van der Waals surface area (Å²) in [5.41, 5.74) is 6.95. The van der Waals surface area contributed by atoms with Gasteiger partial charge in [-0.3, -0.25) is 25.2 Å². The quantitative estimate of drug-likeness (QED) is 0.310. The third-order valence-corrected chi connectivity index (χ3v) is 6.44. The number of aromatic nitrogens is 1. The van der Waals surface area contributed by atoms with Crippen molar-refractivity contribution in [1.82, 2.24) is 21.2 Å². The van der Waals surface area contributed by atoms with E-state index in [4.69, 9.17) is 9.47 Å². The molecular weight excluding hydrogens is 468 g/mol. The summed E-state index contributed by atoms with van der Waals surface area (Å²) in [6.07, 6.45) is 2.04. The zero-order valence-corrected chi connectivity index (χ0v) is 19.3. The van der Waals surface area contributed by atoms with E-state index >= 15 is 0 Å². The molecule has 10 heteroatoms. The minimum Gasteiger partial charge on any atom is -0.486 e. The van der Waals surface area contributed by atoms with E-state index < -0.39 is 17.9 Å². The van der Waals surface area contributed by atoms with E-state index in [9.17, 15) is 14.4 Å². The van der Waals surface area contributed by atoms with Crippen LogP contribution in [0.5, 0.6) is 11.5 Å². The molecule has 0 aliphatic carbocycles. The Labute approximate surface area is 204 Å². The lowest BCUT2D eigenvalue weighted by Crippen LogP contribution is -2.53. The number of carbonyl (C=O) groups is 3. The second-order valence-corrected chi connectivity index (χ2v) is 8.82. The Kier molecular flexibility index (Phi) is 6.36. The Hall–Kier alpha value is -4.31. The third-order valence-electron chi connectivity index (χ3n) is 5.57. The van der Waals surface area contributed by atoms with E-state index in [1.54, 1.807) is 35.7 Å². The predicted octanol–water partition coefficient (Wildman–Crippen LogP) is 2.80. The monoisotopic (exact) mass is 490 g/mol. The molecule has 0 unspecified atom stereocenters. The molecule has 4 N–H and O–H groups in total. The van der Waals surface area contributed by atoms with Crippen LogP contribution in [0.15, 0.2) is 66.2 Å². The Bertz CT molecular complexity index is 1380. The minimum absolute atomic E-state index is 0.229. The molecule has 1 aliphatic rings. The molecule has 0 fully saturated rings. The number of H-pyrrole nitrogens is 1. The number of amides is 3. The maximum absolute atomic E-state index is 13.1. The van der Waals surface area contributed by atoms with Gasteiger partial charge in [-0.25, -0.2) is 0 Å². The number of ether oxygens (including phenoxy) is 2. The van der Waals surface area contributed by atoms with E-state index in [2.05, 4.69) is 21.2 Å². The predicted molar refractivity (Wildman–Crippen MR) is 131 cm³/mol. The molecule has 4 aromatic rings. The molecule has 2 aromatic carbocycles. The van der Waals surface area contributed by atoms with Gasteiger partial charge in [0.05, 0.1) is 4.88 Å². The van der Waals surface area contributed by atoms with Gasteiger partial charge in [0.25, 0.3) is 17.7 Å². The first-order chi connectivity index (χ1) is 17.1. The average Bonchev–Trinajstić information content (AvgIpc) is 3.57. The highest BCUT2D eigenvalue weighted by Gasteiger charge is 2.24. The number of para-hydroxylation sites is 1. The molecule has 9 nitrogen and oxygen atoms in total. The number of hydrogen-bond donors (Lipinski definition) is 4. The Morgan fingerprint density at radius 1 is 0.943 bits per heavy atom. The second kappa shape index (κ2) is 9.90. The molecule has 3 amide bonds. The first-order valence-corrected chi connectivity index (χ1v) is 11.9. The number of nitrogens with one attached hydrogen (secondary N) is 4. The lowest BCUT2D eigenvalue weighted by atomic mass is 10.0. The van der Waals surface area contributed by atoms with E-state index in [1.165, 1.54) is 11.3 Å². The fourth-order valence-electron chi connectivity index (χ4n) is 3.83. The highest BCUT2D eigenvalue weighted by atomic mass is 32.1. The first-order valence-electron chi connectivity index (χ1n) is 11.0. The number of hydrogen-bond acceptors (Lipinski definition) is 6. The van der Waals surface area contributed by atoms with Gasteiger partial charge in [0.2, 0.25) is 0 Å². The van der Waals surface area contributed by atoms with Crippen LogP contribution in [0.25, 0.3) is 10.9 Å². The van der Waals surface area contributed by atoms with Crippen molar-refractivity contribution in [2.45, 2.75) is 12.5 Å². The van der Waals surface area contributed by atoms with Gasteiger partial charge in [-0.05, 0) is 41.3 Å². The maximum atomic E-state index is 13.1. The van der Waals surface area contributed by atoms with Crippen molar-refractivity contribution < 1.29 is 23.9 Å². The molecule has 1 aliphatic heterocycles. The molecular formula is C25H22N4O5S. The van der Waals surface area contributed by atoms with Crippen LogP contribution in [0.3, 0.4) is 0 Å². The first kappa shape index (κ1) is 22.5. The van der Waals surface area contributed by atoms with Crippen molar-refractivity contribution in [3.63, 3.8) is 0 Å². The van der Waals surface area contributed by atoms with Crippen molar-refractivity contribution in [3.05, 3.63) is 82.2 Å². The van der Waals surface area contributed by atoms with Crippen LogP contribution in [0.4, 0.5) is 0 Å². The molecule has 0 saturated heterocycles. The van der Waals surface area contributed by atoms with Crippen molar-refractivity contribution in [1.29, 1.82) is 0 Å². The zero-order chi connectivity index (χ0) is 24.2. The molecule has 2 aromatic heterocycles. The van der Waals surface area contributed by atoms with Crippen LogP contribution in [0.1, 0.15) is 25.6 Å². The van der Waals surface area contributed by atoms with Crippen molar-refractivity contribution >= 4 is 40.0 Å². The number of rotatable bonds is 6. The lowest BCUT2D eigenvalue weighted by Gasteiger charge is -2.20. The molecule has 0 saturated carbocycles. The number of benzene rings is 2. The van der Waals surface area contributed by atoms with Gasteiger partial charge in [-0.15, -0.1) is 11.3 Å². The molecule has 3 heterocycles. The Morgan fingerprint density at radius 3 is 2.60 bits per heavy atom. The molecule has 5 rings (SSSR count). The highest BCUT2D eigenvalue weighted by molar-refractivity contribution is 7.12. The van der Waals surface area contributed by atoms with Gasteiger partial charge in [-0.2, -0.15) is 0 Å². The second-order valence-electron chi connectivity index (χ2n) is 7.87. The van der Waals surface area contributed by atoms with Crippen molar-refractivity contribution in [2.24, 2.45) is 0 Å². The topological polar surface area (TPSA) is 122 Å². The van der Waals surface area contributed by atoms with Crippen LogP contribution >= 0.6 is 11.3 Å². The number of thiophene rings is 1. The van der Waals surface area contributed by atoms with Crippen LogP contribution < -0.4 is 25.6 Å². The minimum atomic E-state index is -0.927. The molecule has 1 atom stereocenters. The SMILES string of the molecule is O=C(NNC(=O)[C@H](Cc1c[nH]c2ccccc12)NC(=O)c1cccs1)c1ccc2c(c1)OCCO2. The molecule has 178 valence electrons. The number of fused-ring (bicyclic) bond motifs is 2. The highest BCUT2D eigenvalue weighted by Crippen LogP contribution is 2.30. The van der Waals surface area contributed by atoms with E-state index in [0.717, 1.165) is 16.5 Å². The van der Waals surface area contributed by atoms with Crippen LogP contribution in [-0.4, -0.2) is 42.0 Å². The van der Waals surface area contributed by atoms with Gasteiger partial charge in [0.15, 0.2) is 11.5 Å². The molecule has 35 heavy (non-hydrogen) atoms. The lowest BCUT2D eigenvalue weighted by molar-refractivity contribution is -0.123. The summed E-state index contributed by atoms with van der Waals surface area (Å²) >= 11 is 1.28. The van der Waals surface area contributed by atoms with E-state index in [-0.39, 0.29) is 12.3 Å². The van der Waals surface area contributed by atoms with Gasteiger partial charge in [0.1, 0.15) is 19.3 Å². The maximum Gasteiger partial charge on any atom is 0.269 e. The summed E-state index contributed by atoms with van der Waals surface area (Å²) in [4.78, 5) is 42.1.